The van der Waals surface area contributed by atoms with Crippen LogP contribution in [-0.2, 0) is 13.6 Å². The predicted molar refractivity (Wildman–Crippen MR) is 85.0 cm³/mol. The zero-order valence-corrected chi connectivity index (χ0v) is 12.8. The highest BCUT2D eigenvalue weighted by Crippen LogP contribution is 2.22. The summed E-state index contributed by atoms with van der Waals surface area (Å²) < 4.78 is 2.06. The van der Waals surface area contributed by atoms with Gasteiger partial charge in [0.2, 0.25) is 0 Å². The fourth-order valence-corrected chi connectivity index (χ4v) is 3.39. The first-order valence-electron chi connectivity index (χ1n) is 7.99. The maximum atomic E-state index is 9.09. The molecule has 0 bridgehead atoms. The Morgan fingerprint density at radius 1 is 1.29 bits per heavy atom. The first kappa shape index (κ1) is 14.5. The smallest absolute Gasteiger partial charge is 0.0955 e. The molecule has 1 atom stereocenters. The van der Waals surface area contributed by atoms with Crippen molar-refractivity contribution in [3.05, 3.63) is 30.1 Å². The van der Waals surface area contributed by atoms with Gasteiger partial charge in [0.25, 0.3) is 0 Å². The average molecular weight is 287 g/mol. The van der Waals surface area contributed by atoms with Crippen molar-refractivity contribution in [2.24, 2.45) is 13.0 Å². The monoisotopic (exact) mass is 287 g/mol. The van der Waals surface area contributed by atoms with Crippen molar-refractivity contribution < 1.29 is 5.11 Å². The van der Waals surface area contributed by atoms with Crippen molar-refractivity contribution in [3.63, 3.8) is 0 Å². The second-order valence-electron chi connectivity index (χ2n) is 6.26. The van der Waals surface area contributed by atoms with Crippen LogP contribution in [0.1, 0.15) is 31.2 Å². The number of hydrogen-bond donors (Lipinski definition) is 1. The third-order valence-corrected chi connectivity index (χ3v) is 4.67. The fraction of sp³-hybridized carbons (Fsp3) is 0.588. The number of benzene rings is 1. The van der Waals surface area contributed by atoms with Crippen LogP contribution in [0.4, 0.5) is 0 Å². The fourth-order valence-electron chi connectivity index (χ4n) is 3.39. The molecule has 1 unspecified atom stereocenters. The number of aryl methyl sites for hydroxylation is 1. The lowest BCUT2D eigenvalue weighted by molar-refractivity contribution is 0.240. The van der Waals surface area contributed by atoms with E-state index >= 15 is 0 Å². The van der Waals surface area contributed by atoms with E-state index in [-0.39, 0.29) is 0 Å². The normalized spacial score (nSPS) is 20.8. The van der Waals surface area contributed by atoms with Crippen LogP contribution in [0.25, 0.3) is 11.0 Å². The highest BCUT2D eigenvalue weighted by atomic mass is 16.3. The van der Waals surface area contributed by atoms with Crippen LogP contribution in [0.15, 0.2) is 24.5 Å². The lowest BCUT2D eigenvalue weighted by Crippen LogP contribution is -2.24. The quantitative estimate of drug-likeness (QED) is 0.939. The average Bonchev–Trinajstić information content (AvgIpc) is 2.70. The Morgan fingerprint density at radius 2 is 2.19 bits per heavy atom. The maximum absolute atomic E-state index is 9.09. The van der Waals surface area contributed by atoms with E-state index in [1.807, 2.05) is 13.4 Å². The molecule has 1 N–H and O–H groups in total. The van der Waals surface area contributed by atoms with Gasteiger partial charge in [0.1, 0.15) is 0 Å². The van der Waals surface area contributed by atoms with Crippen molar-refractivity contribution in [1.82, 2.24) is 14.5 Å². The molecule has 0 amide bonds. The van der Waals surface area contributed by atoms with Gasteiger partial charge >= 0.3 is 0 Å². The molecule has 1 aromatic heterocycles. The van der Waals surface area contributed by atoms with Gasteiger partial charge in [0, 0.05) is 20.2 Å². The summed E-state index contributed by atoms with van der Waals surface area (Å²) in [6.45, 7) is 3.66. The molecule has 2 heterocycles. The third kappa shape index (κ3) is 3.44. The van der Waals surface area contributed by atoms with Gasteiger partial charge in [-0.1, -0.05) is 6.07 Å². The second kappa shape index (κ2) is 6.58. The Bertz CT molecular complexity index is 593. The highest BCUT2D eigenvalue weighted by molar-refractivity contribution is 5.75. The largest absolute Gasteiger partial charge is 0.396 e. The number of aliphatic hydroxyl groups is 1. The Balaban J connectivity index is 1.64. The topological polar surface area (TPSA) is 41.3 Å². The molecule has 1 aromatic carbocycles. The summed E-state index contributed by atoms with van der Waals surface area (Å²) in [5.41, 5.74) is 3.63. The molecule has 4 heteroatoms. The predicted octanol–water partition coefficient (Wildman–Crippen LogP) is 2.56. The van der Waals surface area contributed by atoms with Crippen LogP contribution in [0.5, 0.6) is 0 Å². The Kier molecular flexibility index (Phi) is 4.56. The number of likely N-dealkylation sites (tertiary alicyclic amines) is 1. The SMILES string of the molecule is Cn1cnc2cc(CN3CCCC(CCO)CC3)ccc21. The molecule has 114 valence electrons. The van der Waals surface area contributed by atoms with Gasteiger partial charge in [-0.3, -0.25) is 4.90 Å². The van der Waals surface area contributed by atoms with Crippen LogP contribution in [0, 0.1) is 5.92 Å². The van der Waals surface area contributed by atoms with Gasteiger partial charge in [0.05, 0.1) is 17.4 Å². The molecule has 4 nitrogen and oxygen atoms in total. The minimum absolute atomic E-state index is 0.334. The van der Waals surface area contributed by atoms with Crippen LogP contribution >= 0.6 is 0 Å². The first-order chi connectivity index (χ1) is 10.3. The van der Waals surface area contributed by atoms with Crippen molar-refractivity contribution in [1.29, 1.82) is 0 Å². The summed E-state index contributed by atoms with van der Waals surface area (Å²) >= 11 is 0. The van der Waals surface area contributed by atoms with E-state index in [4.69, 9.17) is 5.11 Å². The van der Waals surface area contributed by atoms with Crippen molar-refractivity contribution in [2.75, 3.05) is 19.7 Å². The number of hydrogen-bond acceptors (Lipinski definition) is 3. The lowest BCUT2D eigenvalue weighted by Gasteiger charge is -2.20. The van der Waals surface area contributed by atoms with Crippen LogP contribution in [-0.4, -0.2) is 39.3 Å². The summed E-state index contributed by atoms with van der Waals surface area (Å²) in [6, 6.07) is 6.61. The summed E-state index contributed by atoms with van der Waals surface area (Å²) in [4.78, 5) is 6.99. The standard InChI is InChI=1S/C17H25N3O/c1-19-13-18-16-11-15(4-5-17(16)19)12-20-8-2-3-14(6-9-20)7-10-21/h4-5,11,13-14,21H,2-3,6-10,12H2,1H3. The van der Waals surface area contributed by atoms with Gasteiger partial charge in [0.15, 0.2) is 0 Å². The second-order valence-corrected chi connectivity index (χ2v) is 6.26. The minimum atomic E-state index is 0.334. The van der Waals surface area contributed by atoms with Gasteiger partial charge in [-0.25, -0.2) is 4.98 Å². The Labute approximate surface area is 126 Å². The van der Waals surface area contributed by atoms with E-state index < -0.39 is 0 Å². The zero-order chi connectivity index (χ0) is 14.7. The molecule has 0 spiro atoms. The van der Waals surface area contributed by atoms with Gasteiger partial charge in [-0.05, 0) is 62.4 Å². The number of aromatic nitrogens is 2. The molecule has 0 radical (unpaired) electrons. The molecule has 0 aliphatic carbocycles. The molecule has 1 aliphatic rings. The molecular formula is C17H25N3O. The first-order valence-corrected chi connectivity index (χ1v) is 7.99. The van der Waals surface area contributed by atoms with Gasteiger partial charge in [-0.15, -0.1) is 0 Å². The lowest BCUT2D eigenvalue weighted by atomic mass is 9.98. The number of fused-ring (bicyclic) bond motifs is 1. The van der Waals surface area contributed by atoms with Crippen molar-refractivity contribution in [2.45, 2.75) is 32.2 Å². The van der Waals surface area contributed by atoms with Crippen LogP contribution in [0.3, 0.4) is 0 Å². The Hall–Kier alpha value is -1.39. The molecule has 0 saturated carbocycles. The van der Waals surface area contributed by atoms with E-state index in [9.17, 15) is 0 Å². The number of nitrogens with zero attached hydrogens (tertiary/aromatic N) is 3. The molecule has 21 heavy (non-hydrogen) atoms. The van der Waals surface area contributed by atoms with E-state index in [0.29, 0.717) is 12.5 Å². The highest BCUT2D eigenvalue weighted by Gasteiger charge is 2.16. The summed E-state index contributed by atoms with van der Waals surface area (Å²) in [5.74, 6) is 0.707. The van der Waals surface area contributed by atoms with E-state index in [2.05, 4.69) is 32.7 Å². The third-order valence-electron chi connectivity index (χ3n) is 4.67. The molecular weight excluding hydrogens is 262 g/mol. The number of imidazole rings is 1. The van der Waals surface area contributed by atoms with Crippen LogP contribution in [0.2, 0.25) is 0 Å². The van der Waals surface area contributed by atoms with Gasteiger partial charge < -0.3 is 9.67 Å². The molecule has 3 rings (SSSR count). The molecule has 1 fully saturated rings. The van der Waals surface area contributed by atoms with E-state index in [1.165, 1.54) is 36.9 Å². The maximum Gasteiger partial charge on any atom is 0.0955 e. The Morgan fingerprint density at radius 3 is 3.05 bits per heavy atom. The summed E-state index contributed by atoms with van der Waals surface area (Å²) in [5, 5.41) is 9.09. The number of aliphatic hydroxyl groups excluding tert-OH is 1. The van der Waals surface area contributed by atoms with Crippen molar-refractivity contribution >= 4 is 11.0 Å². The van der Waals surface area contributed by atoms with Crippen LogP contribution < -0.4 is 0 Å². The van der Waals surface area contributed by atoms with Gasteiger partial charge in [-0.2, -0.15) is 0 Å². The molecule has 1 saturated heterocycles. The minimum Gasteiger partial charge on any atom is -0.396 e. The molecule has 1 aliphatic heterocycles. The van der Waals surface area contributed by atoms with E-state index in [0.717, 1.165) is 25.0 Å². The molecule has 2 aromatic rings. The van der Waals surface area contributed by atoms with E-state index in [1.54, 1.807) is 0 Å². The van der Waals surface area contributed by atoms with Crippen molar-refractivity contribution in [3.8, 4) is 0 Å². The summed E-state index contributed by atoms with van der Waals surface area (Å²) in [7, 11) is 2.03. The zero-order valence-electron chi connectivity index (χ0n) is 12.8. The number of rotatable bonds is 4. The summed E-state index contributed by atoms with van der Waals surface area (Å²) in [6.07, 6.45) is 6.56.